The van der Waals surface area contributed by atoms with E-state index in [0.717, 1.165) is 6.54 Å². The molecule has 0 aliphatic carbocycles. The largest absolute Gasteiger partial charge is 0.345 e. The Morgan fingerprint density at radius 2 is 2.07 bits per heavy atom. The Kier molecular flexibility index (Phi) is 2.77. The molecule has 74 valence electrons. The van der Waals surface area contributed by atoms with Crippen molar-refractivity contribution in [2.75, 3.05) is 13.6 Å². The second-order valence-electron chi connectivity index (χ2n) is 3.53. The molecule has 0 saturated carbocycles. The molecule has 1 amide bonds. The lowest BCUT2D eigenvalue weighted by atomic mass is 10.4. The first-order chi connectivity index (χ1) is 6.75. The molecule has 1 aliphatic heterocycles. The lowest BCUT2D eigenvalue weighted by Crippen LogP contribution is -2.19. The van der Waals surface area contributed by atoms with Crippen LogP contribution in [0.5, 0.6) is 0 Å². The summed E-state index contributed by atoms with van der Waals surface area (Å²) in [6.45, 7) is 0.873. The highest BCUT2D eigenvalue weighted by molar-refractivity contribution is 8.00. The zero-order valence-electron chi connectivity index (χ0n) is 8.14. The zero-order valence-corrected chi connectivity index (χ0v) is 8.96. The van der Waals surface area contributed by atoms with E-state index in [1.807, 2.05) is 25.2 Å². The Balaban J connectivity index is 1.97. The standard InChI is InChI=1S/C11H13NOS/c1-12-8-10(7-11(12)13)14-9-5-3-2-4-6-9/h2-6,10H,7-8H2,1H3. The summed E-state index contributed by atoms with van der Waals surface area (Å²) < 4.78 is 0. The van der Waals surface area contributed by atoms with Crippen molar-refractivity contribution in [3.63, 3.8) is 0 Å². The summed E-state index contributed by atoms with van der Waals surface area (Å²) in [5.41, 5.74) is 0. The van der Waals surface area contributed by atoms with Crippen LogP contribution in [-0.4, -0.2) is 29.6 Å². The predicted octanol–water partition coefficient (Wildman–Crippen LogP) is 2.01. The molecule has 0 bridgehead atoms. The van der Waals surface area contributed by atoms with Crippen LogP contribution in [0, 0.1) is 0 Å². The Bertz CT molecular complexity index is 325. The van der Waals surface area contributed by atoms with Crippen molar-refractivity contribution in [3.8, 4) is 0 Å². The molecule has 2 nitrogen and oxygen atoms in total. The number of rotatable bonds is 2. The quantitative estimate of drug-likeness (QED) is 0.739. The van der Waals surface area contributed by atoms with Gasteiger partial charge in [-0.1, -0.05) is 18.2 Å². The lowest BCUT2D eigenvalue weighted by molar-refractivity contribution is -0.126. The van der Waals surface area contributed by atoms with Crippen LogP contribution in [0.15, 0.2) is 35.2 Å². The highest BCUT2D eigenvalue weighted by Gasteiger charge is 2.27. The average Bonchev–Trinajstić information content (AvgIpc) is 2.47. The molecular formula is C11H13NOS. The average molecular weight is 207 g/mol. The summed E-state index contributed by atoms with van der Waals surface area (Å²) in [6, 6.07) is 10.3. The van der Waals surface area contributed by atoms with E-state index < -0.39 is 0 Å². The molecule has 1 aromatic rings. The highest BCUT2D eigenvalue weighted by Crippen LogP contribution is 2.29. The number of nitrogens with zero attached hydrogens (tertiary/aromatic N) is 1. The third kappa shape index (κ3) is 2.10. The molecular weight excluding hydrogens is 194 g/mol. The molecule has 1 heterocycles. The van der Waals surface area contributed by atoms with Crippen LogP contribution in [-0.2, 0) is 4.79 Å². The van der Waals surface area contributed by atoms with E-state index in [0.29, 0.717) is 11.7 Å². The summed E-state index contributed by atoms with van der Waals surface area (Å²) in [4.78, 5) is 14.3. The van der Waals surface area contributed by atoms with E-state index in [1.54, 1.807) is 16.7 Å². The molecule has 0 spiro atoms. The summed E-state index contributed by atoms with van der Waals surface area (Å²) in [7, 11) is 1.87. The Hall–Kier alpha value is -0.960. The van der Waals surface area contributed by atoms with Crippen LogP contribution in [0.1, 0.15) is 6.42 Å². The van der Waals surface area contributed by atoms with Gasteiger partial charge in [0.25, 0.3) is 0 Å². The van der Waals surface area contributed by atoms with Crippen molar-refractivity contribution in [1.29, 1.82) is 0 Å². The maximum absolute atomic E-state index is 11.3. The lowest BCUT2D eigenvalue weighted by Gasteiger charge is -2.09. The topological polar surface area (TPSA) is 20.3 Å². The summed E-state index contributed by atoms with van der Waals surface area (Å²) in [6.07, 6.45) is 0.677. The number of carbonyl (C=O) groups is 1. The fraction of sp³-hybridized carbons (Fsp3) is 0.364. The van der Waals surface area contributed by atoms with Gasteiger partial charge in [0.15, 0.2) is 0 Å². The molecule has 2 rings (SSSR count). The Labute approximate surface area is 88.3 Å². The number of hydrogen-bond donors (Lipinski definition) is 0. The number of hydrogen-bond acceptors (Lipinski definition) is 2. The van der Waals surface area contributed by atoms with Crippen molar-refractivity contribution in [2.24, 2.45) is 0 Å². The van der Waals surface area contributed by atoms with E-state index in [-0.39, 0.29) is 5.91 Å². The summed E-state index contributed by atoms with van der Waals surface area (Å²) in [5.74, 6) is 0.262. The van der Waals surface area contributed by atoms with Gasteiger partial charge >= 0.3 is 0 Å². The van der Waals surface area contributed by atoms with E-state index in [1.165, 1.54) is 4.90 Å². The fourth-order valence-electron chi connectivity index (χ4n) is 1.59. The molecule has 3 heteroatoms. The smallest absolute Gasteiger partial charge is 0.223 e. The van der Waals surface area contributed by atoms with E-state index >= 15 is 0 Å². The molecule has 1 fully saturated rings. The van der Waals surface area contributed by atoms with Gasteiger partial charge in [-0.25, -0.2) is 0 Å². The fourth-order valence-corrected chi connectivity index (χ4v) is 2.82. The highest BCUT2D eigenvalue weighted by atomic mass is 32.2. The van der Waals surface area contributed by atoms with Gasteiger partial charge in [-0.15, -0.1) is 11.8 Å². The van der Waals surface area contributed by atoms with Gasteiger partial charge in [0.05, 0.1) is 0 Å². The molecule has 1 atom stereocenters. The van der Waals surface area contributed by atoms with Gasteiger partial charge in [0.2, 0.25) is 5.91 Å². The van der Waals surface area contributed by atoms with Gasteiger partial charge in [0.1, 0.15) is 0 Å². The van der Waals surface area contributed by atoms with Crippen molar-refractivity contribution in [2.45, 2.75) is 16.6 Å². The number of likely N-dealkylation sites (tertiary alicyclic amines) is 1. The zero-order chi connectivity index (χ0) is 9.97. The number of carbonyl (C=O) groups excluding carboxylic acids is 1. The van der Waals surface area contributed by atoms with Crippen molar-refractivity contribution < 1.29 is 4.79 Å². The van der Waals surface area contributed by atoms with Crippen molar-refractivity contribution in [1.82, 2.24) is 4.90 Å². The molecule has 0 aromatic heterocycles. The molecule has 1 saturated heterocycles. The Morgan fingerprint density at radius 3 is 2.64 bits per heavy atom. The van der Waals surface area contributed by atoms with E-state index in [4.69, 9.17) is 0 Å². The first-order valence-corrected chi connectivity index (χ1v) is 5.59. The Morgan fingerprint density at radius 1 is 1.36 bits per heavy atom. The van der Waals surface area contributed by atoms with Crippen LogP contribution in [0.4, 0.5) is 0 Å². The minimum atomic E-state index is 0.262. The minimum absolute atomic E-state index is 0.262. The van der Waals surface area contributed by atoms with Crippen LogP contribution >= 0.6 is 11.8 Å². The van der Waals surface area contributed by atoms with Crippen LogP contribution in [0.25, 0.3) is 0 Å². The van der Waals surface area contributed by atoms with Crippen LogP contribution < -0.4 is 0 Å². The van der Waals surface area contributed by atoms with Gasteiger partial charge in [-0.3, -0.25) is 4.79 Å². The first-order valence-electron chi connectivity index (χ1n) is 4.71. The van der Waals surface area contributed by atoms with Gasteiger partial charge < -0.3 is 4.90 Å². The predicted molar refractivity (Wildman–Crippen MR) is 58.3 cm³/mol. The second-order valence-corrected chi connectivity index (χ2v) is 4.91. The number of thioether (sulfide) groups is 1. The molecule has 1 unspecified atom stereocenters. The number of benzene rings is 1. The van der Waals surface area contributed by atoms with Crippen LogP contribution in [0.2, 0.25) is 0 Å². The van der Waals surface area contributed by atoms with E-state index in [9.17, 15) is 4.79 Å². The maximum Gasteiger partial charge on any atom is 0.223 e. The normalized spacial score (nSPS) is 21.6. The first kappa shape index (κ1) is 9.59. The SMILES string of the molecule is CN1CC(Sc2ccccc2)CC1=O. The molecule has 14 heavy (non-hydrogen) atoms. The van der Waals surface area contributed by atoms with E-state index in [2.05, 4.69) is 12.1 Å². The summed E-state index contributed by atoms with van der Waals surface area (Å²) in [5, 5.41) is 0.426. The minimum Gasteiger partial charge on any atom is -0.345 e. The monoisotopic (exact) mass is 207 g/mol. The molecule has 0 N–H and O–H groups in total. The molecule has 1 aliphatic rings. The number of amides is 1. The maximum atomic E-state index is 11.3. The third-order valence-corrected chi connectivity index (χ3v) is 3.54. The van der Waals surface area contributed by atoms with Gasteiger partial charge in [-0.2, -0.15) is 0 Å². The van der Waals surface area contributed by atoms with Gasteiger partial charge in [-0.05, 0) is 12.1 Å². The van der Waals surface area contributed by atoms with Crippen LogP contribution in [0.3, 0.4) is 0 Å². The van der Waals surface area contributed by atoms with Gasteiger partial charge in [0, 0.05) is 30.2 Å². The molecule has 1 aromatic carbocycles. The van der Waals surface area contributed by atoms with Crippen molar-refractivity contribution >= 4 is 17.7 Å². The molecule has 0 radical (unpaired) electrons. The second kappa shape index (κ2) is 4.05. The van der Waals surface area contributed by atoms with Crippen molar-refractivity contribution in [3.05, 3.63) is 30.3 Å². The summed E-state index contributed by atoms with van der Waals surface area (Å²) >= 11 is 1.80. The third-order valence-electron chi connectivity index (χ3n) is 2.35.